The van der Waals surface area contributed by atoms with E-state index in [0.717, 1.165) is 38.6 Å². The van der Waals surface area contributed by atoms with Crippen LogP contribution in [0.15, 0.2) is 78.1 Å². The molecule has 5 rings (SSSR count). The molecule has 5 aromatic rings. The van der Waals surface area contributed by atoms with Crippen LogP contribution in [-0.4, -0.2) is 48.2 Å². The molecule has 0 aliphatic heterocycles. The summed E-state index contributed by atoms with van der Waals surface area (Å²) < 4.78 is 34.5. The van der Waals surface area contributed by atoms with Crippen molar-refractivity contribution in [1.29, 1.82) is 0 Å². The molecule has 2 aromatic carbocycles. The van der Waals surface area contributed by atoms with E-state index in [0.29, 0.717) is 12.2 Å². The second-order valence-electron chi connectivity index (χ2n) is 8.02. The maximum atomic E-state index is 13.2. The van der Waals surface area contributed by atoms with Crippen LogP contribution in [0.25, 0.3) is 33.1 Å². The van der Waals surface area contributed by atoms with E-state index in [1.54, 1.807) is 24.5 Å². The highest BCUT2D eigenvalue weighted by molar-refractivity contribution is 7.89. The molecule has 3 aromatic heterocycles. The molecule has 0 aliphatic rings. The van der Waals surface area contributed by atoms with Gasteiger partial charge in [0.15, 0.2) is 0 Å². The highest BCUT2D eigenvalue weighted by Gasteiger charge is 2.23. The van der Waals surface area contributed by atoms with Gasteiger partial charge in [0.1, 0.15) is 11.4 Å². The van der Waals surface area contributed by atoms with Gasteiger partial charge < -0.3 is 19.8 Å². The lowest BCUT2D eigenvalue weighted by atomic mass is 10.0. The van der Waals surface area contributed by atoms with Gasteiger partial charge in [-0.25, -0.2) is 18.1 Å². The highest BCUT2D eigenvalue weighted by Crippen LogP contribution is 2.35. The Bertz CT molecular complexity index is 1570. The second kappa shape index (κ2) is 8.94. The molecular weight excluding hydrogens is 452 g/mol. The van der Waals surface area contributed by atoms with Gasteiger partial charge in [0.05, 0.1) is 18.6 Å². The molecule has 4 N–H and O–H groups in total. The van der Waals surface area contributed by atoms with Crippen molar-refractivity contribution in [3.63, 3.8) is 0 Å². The fraction of sp³-hybridized carbons (Fsp3) is 0.160. The number of methoxy groups -OCH3 is 1. The van der Waals surface area contributed by atoms with Crippen LogP contribution < -0.4 is 9.46 Å². The van der Waals surface area contributed by atoms with Crippen molar-refractivity contribution in [3.05, 3.63) is 78.8 Å². The topological polar surface area (TPSA) is 120 Å². The van der Waals surface area contributed by atoms with Crippen molar-refractivity contribution in [3.8, 4) is 16.9 Å². The van der Waals surface area contributed by atoms with Gasteiger partial charge in [-0.15, -0.1) is 0 Å². The van der Waals surface area contributed by atoms with Gasteiger partial charge in [-0.2, -0.15) is 0 Å². The Labute approximate surface area is 196 Å². The molecular formula is C25H24N4O4S. The van der Waals surface area contributed by atoms with Gasteiger partial charge in [0.25, 0.3) is 0 Å². The number of fused-ring (bicyclic) bond motifs is 2. The van der Waals surface area contributed by atoms with E-state index in [2.05, 4.69) is 19.7 Å². The van der Waals surface area contributed by atoms with Crippen LogP contribution in [0.2, 0.25) is 0 Å². The number of para-hydroxylation sites is 1. The van der Waals surface area contributed by atoms with Crippen LogP contribution in [0.4, 0.5) is 0 Å². The molecule has 0 saturated heterocycles. The number of aromatic nitrogens is 3. The number of aromatic amines is 2. The largest absolute Gasteiger partial charge is 0.496 e. The predicted octanol–water partition coefficient (Wildman–Crippen LogP) is 3.60. The Kier molecular flexibility index (Phi) is 5.82. The Morgan fingerprint density at radius 2 is 1.91 bits per heavy atom. The summed E-state index contributed by atoms with van der Waals surface area (Å²) in [4.78, 5) is 10.6. The fourth-order valence-electron chi connectivity index (χ4n) is 4.25. The predicted molar refractivity (Wildman–Crippen MR) is 131 cm³/mol. The smallest absolute Gasteiger partial charge is 0.241 e. The third-order valence-corrected chi connectivity index (χ3v) is 7.44. The van der Waals surface area contributed by atoms with E-state index in [1.165, 1.54) is 13.2 Å². The lowest BCUT2D eigenvalue weighted by Gasteiger charge is -2.17. The number of aliphatic hydroxyl groups excluding tert-OH is 1. The molecule has 0 aliphatic carbocycles. The van der Waals surface area contributed by atoms with Crippen LogP contribution in [0.1, 0.15) is 5.56 Å². The minimum atomic E-state index is -3.91. The molecule has 0 fully saturated rings. The van der Waals surface area contributed by atoms with Crippen LogP contribution >= 0.6 is 0 Å². The first kappa shape index (κ1) is 22.1. The SMILES string of the molecule is COc1cc(S(=O)(=O)N[C@@H](CO)Cc2c[nH]c3ccccc23)ccc1-c1ccnc2[nH]ccc12. The number of nitrogens with zero attached hydrogens (tertiary/aromatic N) is 1. The highest BCUT2D eigenvalue weighted by atomic mass is 32.2. The first-order valence-electron chi connectivity index (χ1n) is 10.8. The van der Waals surface area contributed by atoms with E-state index >= 15 is 0 Å². The van der Waals surface area contributed by atoms with Crippen LogP contribution in [-0.2, 0) is 16.4 Å². The monoisotopic (exact) mass is 476 g/mol. The number of rotatable bonds is 8. The Balaban J connectivity index is 1.43. The summed E-state index contributed by atoms with van der Waals surface area (Å²) in [7, 11) is -2.40. The van der Waals surface area contributed by atoms with E-state index in [1.807, 2.05) is 42.6 Å². The molecule has 1 atom stereocenters. The molecule has 0 radical (unpaired) electrons. The van der Waals surface area contributed by atoms with E-state index in [4.69, 9.17) is 4.74 Å². The van der Waals surface area contributed by atoms with Crippen LogP contribution in [0, 0.1) is 0 Å². The number of hydrogen-bond acceptors (Lipinski definition) is 5. The number of H-pyrrole nitrogens is 2. The lowest BCUT2D eigenvalue weighted by molar-refractivity contribution is 0.256. The average Bonchev–Trinajstić information content (AvgIpc) is 3.50. The van der Waals surface area contributed by atoms with Gasteiger partial charge in [-0.1, -0.05) is 18.2 Å². The number of aliphatic hydroxyl groups is 1. The van der Waals surface area contributed by atoms with Gasteiger partial charge in [-0.3, -0.25) is 0 Å². The molecule has 0 spiro atoms. The normalized spacial score (nSPS) is 12.9. The van der Waals surface area contributed by atoms with Crippen LogP contribution in [0.5, 0.6) is 5.75 Å². The zero-order chi connectivity index (χ0) is 23.7. The van der Waals surface area contributed by atoms with Crippen molar-refractivity contribution >= 4 is 32.0 Å². The summed E-state index contributed by atoms with van der Waals surface area (Å²) in [6, 6.07) is 15.6. The van der Waals surface area contributed by atoms with Gasteiger partial charge in [-0.05, 0) is 47.9 Å². The van der Waals surface area contributed by atoms with E-state index in [-0.39, 0.29) is 11.5 Å². The Morgan fingerprint density at radius 3 is 2.74 bits per heavy atom. The van der Waals surface area contributed by atoms with Crippen molar-refractivity contribution in [2.24, 2.45) is 0 Å². The maximum absolute atomic E-state index is 13.2. The zero-order valence-corrected chi connectivity index (χ0v) is 19.3. The molecule has 34 heavy (non-hydrogen) atoms. The van der Waals surface area contributed by atoms with E-state index < -0.39 is 16.1 Å². The molecule has 0 amide bonds. The number of nitrogens with one attached hydrogen (secondary N) is 3. The van der Waals surface area contributed by atoms with Crippen LogP contribution in [0.3, 0.4) is 0 Å². The minimum absolute atomic E-state index is 0.0600. The summed E-state index contributed by atoms with van der Waals surface area (Å²) >= 11 is 0. The summed E-state index contributed by atoms with van der Waals surface area (Å²) in [5.74, 6) is 0.425. The average molecular weight is 477 g/mol. The molecule has 174 valence electrons. The fourth-order valence-corrected chi connectivity index (χ4v) is 5.50. The Hall–Kier alpha value is -3.66. The van der Waals surface area contributed by atoms with Gasteiger partial charge >= 0.3 is 0 Å². The Morgan fingerprint density at radius 1 is 1.06 bits per heavy atom. The molecule has 0 bridgehead atoms. The summed E-state index contributed by atoms with van der Waals surface area (Å²) in [6.07, 6.45) is 5.68. The molecule has 8 nitrogen and oxygen atoms in total. The van der Waals surface area contributed by atoms with Gasteiger partial charge in [0.2, 0.25) is 10.0 Å². The first-order valence-corrected chi connectivity index (χ1v) is 12.3. The van der Waals surface area contributed by atoms with Gasteiger partial charge in [0, 0.05) is 52.6 Å². The van der Waals surface area contributed by atoms with Crippen molar-refractivity contribution in [2.75, 3.05) is 13.7 Å². The summed E-state index contributed by atoms with van der Waals surface area (Å²) in [5, 5.41) is 11.8. The summed E-state index contributed by atoms with van der Waals surface area (Å²) in [6.45, 7) is -0.337. The first-order chi connectivity index (χ1) is 16.5. The number of ether oxygens (including phenoxy) is 1. The third-order valence-electron chi connectivity index (χ3n) is 5.92. The summed E-state index contributed by atoms with van der Waals surface area (Å²) in [5.41, 5.74) is 4.27. The number of benzene rings is 2. The van der Waals surface area contributed by atoms with Crippen molar-refractivity contribution < 1.29 is 18.3 Å². The number of pyridine rings is 1. The number of sulfonamides is 1. The van der Waals surface area contributed by atoms with Crippen molar-refractivity contribution in [1.82, 2.24) is 19.7 Å². The molecule has 0 saturated carbocycles. The third kappa shape index (κ3) is 4.05. The minimum Gasteiger partial charge on any atom is -0.496 e. The zero-order valence-electron chi connectivity index (χ0n) is 18.4. The number of hydrogen-bond donors (Lipinski definition) is 4. The molecule has 0 unspecified atom stereocenters. The lowest BCUT2D eigenvalue weighted by Crippen LogP contribution is -2.39. The second-order valence-corrected chi connectivity index (χ2v) is 9.74. The molecule has 9 heteroatoms. The molecule has 3 heterocycles. The quantitative estimate of drug-likeness (QED) is 0.273. The van der Waals surface area contributed by atoms with Crippen molar-refractivity contribution in [2.45, 2.75) is 17.4 Å². The van der Waals surface area contributed by atoms with E-state index in [9.17, 15) is 13.5 Å². The maximum Gasteiger partial charge on any atom is 0.241 e. The standard InChI is InChI=1S/C25H24N4O4S/c1-33-24-13-18(6-7-21(24)20-8-10-26-25-22(20)9-11-27-25)34(31,32)29-17(15-30)12-16-14-28-23-5-3-2-4-19(16)23/h2-11,13-14,17,28-30H,12,15H2,1H3,(H,26,27)/t17-/m1/s1.